The van der Waals surface area contributed by atoms with E-state index in [4.69, 9.17) is 0 Å². The molecule has 1 amide bonds. The Labute approximate surface area is 155 Å². The van der Waals surface area contributed by atoms with E-state index < -0.39 is 0 Å². The van der Waals surface area contributed by atoms with Crippen molar-refractivity contribution in [1.29, 1.82) is 0 Å². The molecule has 0 aliphatic carbocycles. The number of carbonyl (C=O) groups is 1. The normalized spacial score (nSPS) is 14.9. The van der Waals surface area contributed by atoms with Gasteiger partial charge in [-0.3, -0.25) is 9.20 Å². The molecule has 3 heterocycles. The molecule has 0 unspecified atom stereocenters. The van der Waals surface area contributed by atoms with Crippen molar-refractivity contribution in [3.05, 3.63) is 52.8 Å². The maximum Gasteiger partial charge on any atom is 0.251 e. The molecule has 0 atom stereocenters. The van der Waals surface area contributed by atoms with Gasteiger partial charge in [-0.2, -0.15) is 0 Å². The average Bonchev–Trinajstić information content (AvgIpc) is 2.99. The highest BCUT2D eigenvalue weighted by Crippen LogP contribution is 2.33. The predicted molar refractivity (Wildman–Crippen MR) is 106 cm³/mol. The van der Waals surface area contributed by atoms with Gasteiger partial charge in [0, 0.05) is 28.6 Å². The van der Waals surface area contributed by atoms with E-state index in [9.17, 15) is 4.79 Å². The van der Waals surface area contributed by atoms with Crippen molar-refractivity contribution in [3.63, 3.8) is 0 Å². The Balaban J connectivity index is 1.65. The zero-order valence-electron chi connectivity index (χ0n) is 14.2. The number of para-hydroxylation sites is 1. The minimum absolute atomic E-state index is 0.0243. The number of aryl methyl sites for hydroxylation is 2. The maximum absolute atomic E-state index is 12.9. The molecule has 1 aliphatic heterocycles. The number of imidazole rings is 1. The van der Waals surface area contributed by atoms with Crippen molar-refractivity contribution in [3.8, 4) is 0 Å². The number of amides is 1. The third-order valence-corrected chi connectivity index (χ3v) is 6.30. The average molecular weight is 370 g/mol. The number of anilines is 1. The van der Waals surface area contributed by atoms with Gasteiger partial charge in [-0.05, 0) is 44.2 Å². The number of thioether (sulfide) groups is 1. The Kier molecular flexibility index (Phi) is 4.39. The van der Waals surface area contributed by atoms with Crippen LogP contribution in [0.2, 0.25) is 0 Å². The van der Waals surface area contributed by atoms with Crippen molar-refractivity contribution in [2.45, 2.75) is 25.2 Å². The van der Waals surface area contributed by atoms with E-state index in [1.807, 2.05) is 47.9 Å². The van der Waals surface area contributed by atoms with Crippen LogP contribution in [-0.2, 0) is 4.79 Å². The van der Waals surface area contributed by atoms with E-state index in [-0.39, 0.29) is 5.91 Å². The van der Waals surface area contributed by atoms with Crippen LogP contribution in [0.4, 0.5) is 5.69 Å². The molecule has 0 N–H and O–H groups in total. The van der Waals surface area contributed by atoms with Gasteiger partial charge in [-0.25, -0.2) is 4.98 Å². The molecule has 3 aromatic rings. The lowest BCUT2D eigenvalue weighted by molar-refractivity contribution is -0.114. The molecule has 0 radical (unpaired) electrons. The lowest BCUT2D eigenvalue weighted by Gasteiger charge is -2.20. The summed E-state index contributed by atoms with van der Waals surface area (Å²) >= 11 is 3.49. The zero-order chi connectivity index (χ0) is 17.4. The number of carbonyl (C=O) groups excluding carboxylic acids is 1. The number of rotatable bonds is 2. The molecule has 0 spiro atoms. The van der Waals surface area contributed by atoms with Gasteiger partial charge in [-0.15, -0.1) is 23.1 Å². The van der Waals surface area contributed by atoms with E-state index in [0.29, 0.717) is 0 Å². The molecule has 0 bridgehead atoms. The highest BCUT2D eigenvalue weighted by Gasteiger charge is 2.19. The summed E-state index contributed by atoms with van der Waals surface area (Å²) in [5, 5.41) is 0. The van der Waals surface area contributed by atoms with Gasteiger partial charge < -0.3 is 4.90 Å². The lowest BCUT2D eigenvalue weighted by Crippen LogP contribution is -2.30. The molecule has 2 aromatic heterocycles. The van der Waals surface area contributed by atoms with Crippen LogP contribution < -0.4 is 4.90 Å². The summed E-state index contributed by atoms with van der Waals surface area (Å²) in [4.78, 5) is 22.7. The summed E-state index contributed by atoms with van der Waals surface area (Å²) in [5.74, 6) is 1.07. The minimum atomic E-state index is 0.0243. The molecule has 6 heteroatoms. The summed E-state index contributed by atoms with van der Waals surface area (Å²) < 4.78 is 2.06. The Hall–Kier alpha value is -2.05. The van der Waals surface area contributed by atoms with Crippen molar-refractivity contribution < 1.29 is 4.79 Å². The molecule has 128 valence electrons. The number of fused-ring (bicyclic) bond motifs is 2. The molecular weight excluding hydrogens is 350 g/mol. The van der Waals surface area contributed by atoms with Gasteiger partial charge in [0.2, 0.25) is 0 Å². The van der Waals surface area contributed by atoms with Gasteiger partial charge in [0.1, 0.15) is 0 Å². The Bertz CT molecular complexity index is 970. The van der Waals surface area contributed by atoms with Crippen LogP contribution in [0.1, 0.15) is 22.7 Å². The van der Waals surface area contributed by atoms with Crippen LogP contribution in [-0.4, -0.2) is 27.6 Å². The molecule has 1 aliphatic rings. The molecule has 0 saturated heterocycles. The first kappa shape index (κ1) is 16.4. The van der Waals surface area contributed by atoms with Crippen molar-refractivity contribution in [2.75, 3.05) is 17.2 Å². The molecule has 1 aromatic carbocycles. The fourth-order valence-corrected chi connectivity index (χ4v) is 4.95. The Morgan fingerprint density at radius 1 is 1.28 bits per heavy atom. The Morgan fingerprint density at radius 2 is 2.12 bits per heavy atom. The second kappa shape index (κ2) is 6.69. The molecule has 0 fully saturated rings. The topological polar surface area (TPSA) is 37.6 Å². The fourth-order valence-electron chi connectivity index (χ4n) is 3.08. The molecule has 0 saturated carbocycles. The smallest absolute Gasteiger partial charge is 0.251 e. The largest absolute Gasteiger partial charge is 0.308 e. The SMILES string of the molecule is Cc1cn2c(C=CC(=O)N3CCCSc4ccccc43)c(C)nc2s1. The number of aromatic nitrogens is 2. The maximum atomic E-state index is 12.9. The van der Waals surface area contributed by atoms with Crippen LogP contribution in [0.5, 0.6) is 0 Å². The molecule has 4 nitrogen and oxygen atoms in total. The van der Waals surface area contributed by atoms with E-state index in [0.717, 1.165) is 40.8 Å². The van der Waals surface area contributed by atoms with Crippen molar-refractivity contribution in [2.24, 2.45) is 0 Å². The van der Waals surface area contributed by atoms with Crippen LogP contribution in [0, 0.1) is 13.8 Å². The minimum Gasteiger partial charge on any atom is -0.308 e. The lowest BCUT2D eigenvalue weighted by atomic mass is 10.2. The highest BCUT2D eigenvalue weighted by molar-refractivity contribution is 7.99. The standard InChI is InChI=1S/C19H19N3OS2/c1-13-12-22-15(14(2)20-19(22)25-13)8-9-18(23)21-10-5-11-24-17-7-4-3-6-16(17)21/h3-4,6-9,12H,5,10-11H2,1-2H3. The van der Waals surface area contributed by atoms with Crippen LogP contribution in [0.25, 0.3) is 11.0 Å². The number of benzene rings is 1. The monoisotopic (exact) mass is 369 g/mol. The summed E-state index contributed by atoms with van der Waals surface area (Å²) in [7, 11) is 0. The second-order valence-electron chi connectivity index (χ2n) is 6.07. The quantitative estimate of drug-likeness (QED) is 0.622. The van der Waals surface area contributed by atoms with E-state index >= 15 is 0 Å². The summed E-state index contributed by atoms with van der Waals surface area (Å²) in [5.41, 5.74) is 2.94. The first-order valence-electron chi connectivity index (χ1n) is 8.30. The zero-order valence-corrected chi connectivity index (χ0v) is 15.9. The van der Waals surface area contributed by atoms with Crippen molar-refractivity contribution in [1.82, 2.24) is 9.38 Å². The second-order valence-corrected chi connectivity index (χ2v) is 8.42. The van der Waals surface area contributed by atoms with Crippen LogP contribution in [0.15, 0.2) is 41.4 Å². The first-order chi connectivity index (χ1) is 12.1. The summed E-state index contributed by atoms with van der Waals surface area (Å²) in [6.07, 6.45) is 6.64. The van der Waals surface area contributed by atoms with Gasteiger partial charge in [-0.1, -0.05) is 12.1 Å². The highest BCUT2D eigenvalue weighted by atomic mass is 32.2. The summed E-state index contributed by atoms with van der Waals surface area (Å²) in [6.45, 7) is 4.81. The van der Waals surface area contributed by atoms with Crippen LogP contribution in [0.3, 0.4) is 0 Å². The summed E-state index contributed by atoms with van der Waals surface area (Å²) in [6, 6.07) is 8.15. The predicted octanol–water partition coefficient (Wildman–Crippen LogP) is 4.55. The number of thiazole rings is 1. The Morgan fingerprint density at radius 3 is 3.00 bits per heavy atom. The molecular formula is C19H19N3OS2. The van der Waals surface area contributed by atoms with E-state index in [2.05, 4.69) is 28.6 Å². The van der Waals surface area contributed by atoms with Gasteiger partial charge in [0.05, 0.1) is 17.1 Å². The first-order valence-corrected chi connectivity index (χ1v) is 10.1. The third kappa shape index (κ3) is 3.12. The van der Waals surface area contributed by atoms with E-state index in [1.54, 1.807) is 17.4 Å². The third-order valence-electron chi connectivity index (χ3n) is 4.25. The number of nitrogens with zero attached hydrogens (tertiary/aromatic N) is 3. The number of hydrogen-bond acceptors (Lipinski definition) is 4. The number of hydrogen-bond donors (Lipinski definition) is 0. The van der Waals surface area contributed by atoms with Crippen LogP contribution >= 0.6 is 23.1 Å². The van der Waals surface area contributed by atoms with Gasteiger partial charge in [0.15, 0.2) is 4.96 Å². The van der Waals surface area contributed by atoms with Gasteiger partial charge in [0.25, 0.3) is 5.91 Å². The fraction of sp³-hybridized carbons (Fsp3) is 0.263. The van der Waals surface area contributed by atoms with Crippen molar-refractivity contribution >= 4 is 45.7 Å². The van der Waals surface area contributed by atoms with Gasteiger partial charge >= 0.3 is 0 Å². The molecule has 4 rings (SSSR count). The van der Waals surface area contributed by atoms with E-state index in [1.165, 1.54) is 9.77 Å². The molecule has 25 heavy (non-hydrogen) atoms.